The molecule has 3 heteroatoms. The molecule has 0 radical (unpaired) electrons. The number of hydrogen-bond donors (Lipinski definition) is 0. The van der Waals surface area contributed by atoms with E-state index in [1.165, 1.54) is 0 Å². The second-order valence-corrected chi connectivity index (χ2v) is 2.36. The van der Waals surface area contributed by atoms with Crippen molar-refractivity contribution in [3.8, 4) is 0 Å². The molecule has 0 bridgehead atoms. The first-order chi connectivity index (χ1) is 3.89. The van der Waals surface area contributed by atoms with E-state index in [9.17, 15) is 0 Å². The molecule has 1 saturated heterocycles. The van der Waals surface area contributed by atoms with Crippen LogP contribution in [0.4, 0.5) is 0 Å². The Hall–Kier alpha value is 0.210. The van der Waals surface area contributed by atoms with Gasteiger partial charge in [-0.3, -0.25) is 0 Å². The van der Waals surface area contributed by atoms with Gasteiger partial charge in [-0.25, -0.2) is 0 Å². The van der Waals surface area contributed by atoms with Crippen molar-refractivity contribution in [2.45, 2.75) is 5.38 Å². The average Bonchev–Trinajstić information content (AvgIpc) is 1.94. The van der Waals surface area contributed by atoms with Crippen LogP contribution in [0.5, 0.6) is 0 Å². The van der Waals surface area contributed by atoms with Gasteiger partial charge < -0.3 is 9.47 Å². The highest BCUT2D eigenvalue weighted by atomic mass is 35.5. The highest BCUT2D eigenvalue weighted by Crippen LogP contribution is 2.00. The Balaban J connectivity index is 2.17. The SMILES string of the molecule is ClC1COCCOC1. The first-order valence-corrected chi connectivity index (χ1v) is 3.13. The van der Waals surface area contributed by atoms with Gasteiger partial charge in [-0.1, -0.05) is 0 Å². The second-order valence-electron chi connectivity index (χ2n) is 1.75. The molecule has 0 spiro atoms. The van der Waals surface area contributed by atoms with Gasteiger partial charge in [0.25, 0.3) is 0 Å². The highest BCUT2D eigenvalue weighted by Gasteiger charge is 2.07. The molecular weight excluding hydrogens is 128 g/mol. The number of hydrogen-bond acceptors (Lipinski definition) is 2. The number of alkyl halides is 1. The van der Waals surface area contributed by atoms with Gasteiger partial charge in [0.2, 0.25) is 0 Å². The third kappa shape index (κ3) is 1.99. The molecule has 2 nitrogen and oxygen atoms in total. The van der Waals surface area contributed by atoms with Gasteiger partial charge in [0, 0.05) is 0 Å². The molecule has 8 heavy (non-hydrogen) atoms. The van der Waals surface area contributed by atoms with Crippen molar-refractivity contribution in [3.63, 3.8) is 0 Å². The van der Waals surface area contributed by atoms with Gasteiger partial charge in [0.15, 0.2) is 0 Å². The van der Waals surface area contributed by atoms with Crippen molar-refractivity contribution in [3.05, 3.63) is 0 Å². The highest BCUT2D eigenvalue weighted by molar-refractivity contribution is 6.20. The quantitative estimate of drug-likeness (QED) is 0.455. The van der Waals surface area contributed by atoms with E-state index < -0.39 is 0 Å². The van der Waals surface area contributed by atoms with Crippen molar-refractivity contribution < 1.29 is 9.47 Å². The molecule has 1 aliphatic heterocycles. The molecule has 1 heterocycles. The van der Waals surface area contributed by atoms with Crippen LogP contribution in [0.1, 0.15) is 0 Å². The van der Waals surface area contributed by atoms with Crippen LogP contribution in [0.3, 0.4) is 0 Å². The summed E-state index contributed by atoms with van der Waals surface area (Å²) < 4.78 is 10.1. The van der Waals surface area contributed by atoms with Gasteiger partial charge in [-0.05, 0) is 0 Å². The summed E-state index contributed by atoms with van der Waals surface area (Å²) in [6.07, 6.45) is 0. The van der Waals surface area contributed by atoms with Crippen molar-refractivity contribution in [1.29, 1.82) is 0 Å². The first kappa shape index (κ1) is 6.33. The summed E-state index contributed by atoms with van der Waals surface area (Å²) in [4.78, 5) is 0. The Morgan fingerprint density at radius 3 is 2.12 bits per heavy atom. The van der Waals surface area contributed by atoms with Crippen LogP contribution in [-0.2, 0) is 9.47 Å². The summed E-state index contributed by atoms with van der Waals surface area (Å²) in [7, 11) is 0. The maximum absolute atomic E-state index is 5.67. The van der Waals surface area contributed by atoms with Gasteiger partial charge >= 0.3 is 0 Å². The fourth-order valence-corrected chi connectivity index (χ4v) is 0.767. The molecule has 0 amide bonds. The van der Waals surface area contributed by atoms with Crippen LogP contribution in [0.2, 0.25) is 0 Å². The number of ether oxygens (including phenoxy) is 2. The minimum Gasteiger partial charge on any atom is -0.377 e. The standard InChI is InChI=1S/C5H9ClO2/c6-5-3-7-1-2-8-4-5/h5H,1-4H2. The number of halogens is 1. The monoisotopic (exact) mass is 136 g/mol. The van der Waals surface area contributed by atoms with Crippen molar-refractivity contribution in [2.24, 2.45) is 0 Å². The molecule has 1 aliphatic rings. The molecule has 0 aromatic carbocycles. The third-order valence-electron chi connectivity index (χ3n) is 0.969. The van der Waals surface area contributed by atoms with E-state index >= 15 is 0 Å². The van der Waals surface area contributed by atoms with E-state index in [0.717, 1.165) is 0 Å². The smallest absolute Gasteiger partial charge is 0.0803 e. The van der Waals surface area contributed by atoms with E-state index in [2.05, 4.69) is 0 Å². The van der Waals surface area contributed by atoms with E-state index in [1.54, 1.807) is 0 Å². The van der Waals surface area contributed by atoms with Crippen molar-refractivity contribution in [2.75, 3.05) is 26.4 Å². The summed E-state index contributed by atoms with van der Waals surface area (Å²) in [5.41, 5.74) is 0. The summed E-state index contributed by atoms with van der Waals surface area (Å²) >= 11 is 5.67. The lowest BCUT2D eigenvalue weighted by Crippen LogP contribution is -2.10. The molecule has 0 aromatic rings. The summed E-state index contributed by atoms with van der Waals surface area (Å²) in [6, 6.07) is 0. The van der Waals surface area contributed by atoms with Gasteiger partial charge in [0.05, 0.1) is 31.8 Å². The van der Waals surface area contributed by atoms with Gasteiger partial charge in [0.1, 0.15) is 0 Å². The molecule has 0 aliphatic carbocycles. The Labute approximate surface area is 53.7 Å². The molecule has 0 N–H and O–H groups in total. The number of rotatable bonds is 0. The Morgan fingerprint density at radius 2 is 1.62 bits per heavy atom. The minimum atomic E-state index is 0.0532. The molecule has 0 unspecified atom stereocenters. The van der Waals surface area contributed by atoms with E-state index in [0.29, 0.717) is 26.4 Å². The zero-order chi connectivity index (χ0) is 5.82. The zero-order valence-electron chi connectivity index (χ0n) is 4.60. The minimum absolute atomic E-state index is 0.0532. The fourth-order valence-electron chi connectivity index (χ4n) is 0.588. The predicted octanol–water partition coefficient (Wildman–Crippen LogP) is 0.641. The van der Waals surface area contributed by atoms with Crippen molar-refractivity contribution in [1.82, 2.24) is 0 Å². The topological polar surface area (TPSA) is 18.5 Å². The van der Waals surface area contributed by atoms with E-state index in [4.69, 9.17) is 21.1 Å². The zero-order valence-corrected chi connectivity index (χ0v) is 5.36. The predicted molar refractivity (Wildman–Crippen MR) is 31.3 cm³/mol. The summed E-state index contributed by atoms with van der Waals surface area (Å²) in [6.45, 7) is 2.62. The van der Waals surface area contributed by atoms with Gasteiger partial charge in [-0.15, -0.1) is 11.6 Å². The second kappa shape index (κ2) is 3.28. The summed E-state index contributed by atoms with van der Waals surface area (Å²) in [5, 5.41) is 0.0532. The Morgan fingerprint density at radius 1 is 1.12 bits per heavy atom. The maximum atomic E-state index is 5.67. The third-order valence-corrected chi connectivity index (χ3v) is 1.22. The van der Waals surface area contributed by atoms with Crippen LogP contribution in [0.15, 0.2) is 0 Å². The molecule has 48 valence electrons. The summed E-state index contributed by atoms with van der Waals surface area (Å²) in [5.74, 6) is 0. The van der Waals surface area contributed by atoms with Crippen LogP contribution in [0.25, 0.3) is 0 Å². The normalized spacial score (nSPS) is 25.1. The van der Waals surface area contributed by atoms with E-state index in [1.807, 2.05) is 0 Å². The van der Waals surface area contributed by atoms with Gasteiger partial charge in [-0.2, -0.15) is 0 Å². The van der Waals surface area contributed by atoms with Crippen LogP contribution < -0.4 is 0 Å². The Bertz CT molecular complexity index is 59.4. The largest absolute Gasteiger partial charge is 0.377 e. The molecule has 1 rings (SSSR count). The maximum Gasteiger partial charge on any atom is 0.0803 e. The van der Waals surface area contributed by atoms with Crippen molar-refractivity contribution >= 4 is 11.6 Å². The van der Waals surface area contributed by atoms with Crippen LogP contribution >= 0.6 is 11.6 Å². The lowest BCUT2D eigenvalue weighted by molar-refractivity contribution is 0.103. The molecule has 0 aromatic heterocycles. The molecule has 1 fully saturated rings. The first-order valence-electron chi connectivity index (χ1n) is 2.69. The average molecular weight is 137 g/mol. The Kier molecular flexibility index (Phi) is 2.59. The fraction of sp³-hybridized carbons (Fsp3) is 1.00. The lowest BCUT2D eigenvalue weighted by atomic mass is 10.5. The lowest BCUT2D eigenvalue weighted by Gasteiger charge is -2.00. The van der Waals surface area contributed by atoms with E-state index in [-0.39, 0.29) is 5.38 Å². The van der Waals surface area contributed by atoms with Crippen LogP contribution in [-0.4, -0.2) is 31.8 Å². The molecular formula is C5H9ClO2. The molecule has 0 saturated carbocycles. The molecule has 0 atom stereocenters. The van der Waals surface area contributed by atoms with Crippen LogP contribution in [0, 0.1) is 0 Å².